The molecular formula is C23H38IN3O2. The van der Waals surface area contributed by atoms with Gasteiger partial charge in [0.05, 0.1) is 12.7 Å². The molecule has 2 N–H and O–H groups in total. The van der Waals surface area contributed by atoms with Crippen molar-refractivity contribution in [3.63, 3.8) is 0 Å². The van der Waals surface area contributed by atoms with Gasteiger partial charge in [0, 0.05) is 38.2 Å². The molecule has 0 spiro atoms. The monoisotopic (exact) mass is 515 g/mol. The molecule has 5 nitrogen and oxygen atoms in total. The first-order valence-electron chi connectivity index (χ1n) is 10.7. The number of para-hydroxylation sites is 1. The summed E-state index contributed by atoms with van der Waals surface area (Å²) in [6.07, 6.45) is 5.22. The fourth-order valence-electron chi connectivity index (χ4n) is 3.92. The van der Waals surface area contributed by atoms with Crippen LogP contribution in [0.15, 0.2) is 29.3 Å². The van der Waals surface area contributed by atoms with Gasteiger partial charge in [0.1, 0.15) is 5.75 Å². The molecule has 2 atom stereocenters. The van der Waals surface area contributed by atoms with E-state index in [1.807, 2.05) is 13.1 Å². The predicted molar refractivity (Wildman–Crippen MR) is 130 cm³/mol. The third kappa shape index (κ3) is 7.63. The molecule has 1 saturated carbocycles. The summed E-state index contributed by atoms with van der Waals surface area (Å²) in [5.41, 5.74) is 1.32. The molecule has 0 bridgehead atoms. The molecule has 1 saturated heterocycles. The van der Waals surface area contributed by atoms with E-state index in [-0.39, 0.29) is 35.5 Å². The van der Waals surface area contributed by atoms with Crippen LogP contribution in [0.25, 0.3) is 0 Å². The van der Waals surface area contributed by atoms with Crippen LogP contribution in [0.3, 0.4) is 0 Å². The second-order valence-electron chi connectivity index (χ2n) is 9.23. The van der Waals surface area contributed by atoms with Gasteiger partial charge < -0.3 is 20.1 Å². The maximum Gasteiger partial charge on any atom is 0.191 e. The Kier molecular flexibility index (Phi) is 9.53. The highest BCUT2D eigenvalue weighted by molar-refractivity contribution is 14.0. The number of nitrogens with one attached hydrogen (secondary N) is 2. The zero-order chi connectivity index (χ0) is 20.0. The fourth-order valence-corrected chi connectivity index (χ4v) is 3.92. The van der Waals surface area contributed by atoms with Crippen molar-refractivity contribution in [2.75, 3.05) is 26.8 Å². The molecule has 3 rings (SSSR count). The molecule has 6 heteroatoms. The van der Waals surface area contributed by atoms with Crippen molar-refractivity contribution in [2.24, 2.45) is 22.2 Å². The average Bonchev–Trinajstić information content (AvgIpc) is 3.51. The number of benzene rings is 1. The van der Waals surface area contributed by atoms with Crippen molar-refractivity contribution in [1.82, 2.24) is 10.6 Å². The van der Waals surface area contributed by atoms with E-state index in [1.165, 1.54) is 24.8 Å². The molecule has 2 unspecified atom stereocenters. The van der Waals surface area contributed by atoms with E-state index in [2.05, 4.69) is 54.6 Å². The van der Waals surface area contributed by atoms with Gasteiger partial charge in [-0.05, 0) is 43.1 Å². The van der Waals surface area contributed by atoms with Crippen LogP contribution in [-0.4, -0.2) is 38.9 Å². The predicted octanol–water partition coefficient (Wildman–Crippen LogP) is 4.60. The van der Waals surface area contributed by atoms with E-state index in [0.717, 1.165) is 43.8 Å². The first kappa shape index (κ1) is 24.3. The lowest BCUT2D eigenvalue weighted by atomic mass is 9.78. The molecule has 0 aromatic heterocycles. The van der Waals surface area contributed by atoms with Crippen molar-refractivity contribution in [3.8, 4) is 5.75 Å². The summed E-state index contributed by atoms with van der Waals surface area (Å²) in [6.45, 7) is 10.1. The summed E-state index contributed by atoms with van der Waals surface area (Å²) in [5, 5.41) is 6.95. The highest BCUT2D eigenvalue weighted by Gasteiger charge is 2.35. The Balaban J connectivity index is 0.00000300. The summed E-state index contributed by atoms with van der Waals surface area (Å²) in [5.74, 6) is 3.06. The van der Waals surface area contributed by atoms with Gasteiger partial charge in [-0.2, -0.15) is 0 Å². The van der Waals surface area contributed by atoms with Crippen LogP contribution in [0.5, 0.6) is 5.75 Å². The van der Waals surface area contributed by atoms with E-state index >= 15 is 0 Å². The van der Waals surface area contributed by atoms with Crippen molar-refractivity contribution in [3.05, 3.63) is 29.8 Å². The lowest BCUT2D eigenvalue weighted by molar-refractivity contribution is -0.0835. The minimum atomic E-state index is 0. The number of hydrogen-bond acceptors (Lipinski definition) is 3. The molecule has 1 aliphatic heterocycles. The van der Waals surface area contributed by atoms with Crippen LogP contribution in [0.2, 0.25) is 0 Å². The lowest BCUT2D eigenvalue weighted by Crippen LogP contribution is -2.47. The first-order chi connectivity index (χ1) is 13.5. The minimum Gasteiger partial charge on any atom is -0.493 e. The van der Waals surface area contributed by atoms with Crippen LogP contribution in [0, 0.1) is 17.3 Å². The number of aliphatic imine (C=N–C) groups is 1. The third-order valence-electron chi connectivity index (χ3n) is 5.64. The number of halogens is 1. The molecule has 1 aliphatic carbocycles. The van der Waals surface area contributed by atoms with Crippen LogP contribution < -0.4 is 15.4 Å². The van der Waals surface area contributed by atoms with Gasteiger partial charge in [0.15, 0.2) is 5.96 Å². The van der Waals surface area contributed by atoms with Gasteiger partial charge in [-0.3, -0.25) is 4.99 Å². The average molecular weight is 515 g/mol. The Hall–Kier alpha value is -1.02. The summed E-state index contributed by atoms with van der Waals surface area (Å²) in [7, 11) is 1.82. The topological polar surface area (TPSA) is 54.9 Å². The van der Waals surface area contributed by atoms with Gasteiger partial charge in [0.2, 0.25) is 0 Å². The molecule has 29 heavy (non-hydrogen) atoms. The molecule has 0 amide bonds. The normalized spacial score (nSPS) is 22.6. The SMILES string of the molecule is CN=C(NCc1ccccc1OCC1CC1)NCC1CCCOC1C(C)(C)C.I. The van der Waals surface area contributed by atoms with Crippen LogP contribution in [0.4, 0.5) is 0 Å². The summed E-state index contributed by atoms with van der Waals surface area (Å²) >= 11 is 0. The molecule has 2 aliphatic rings. The molecule has 1 aromatic carbocycles. The standard InChI is InChI=1S/C23H37N3O2.HI/c1-23(2,3)21-19(9-7-13-27-21)15-26-22(24-4)25-14-18-8-5-6-10-20(18)28-16-17-11-12-17;/h5-6,8,10,17,19,21H,7,9,11-16H2,1-4H3,(H2,24,25,26);1H. The summed E-state index contributed by atoms with van der Waals surface area (Å²) in [6, 6.07) is 8.27. The Morgan fingerprint density at radius 1 is 1.17 bits per heavy atom. The highest BCUT2D eigenvalue weighted by Crippen LogP contribution is 2.33. The summed E-state index contributed by atoms with van der Waals surface area (Å²) < 4.78 is 12.1. The smallest absolute Gasteiger partial charge is 0.191 e. The second-order valence-corrected chi connectivity index (χ2v) is 9.23. The van der Waals surface area contributed by atoms with Gasteiger partial charge in [0.25, 0.3) is 0 Å². The number of rotatable bonds is 7. The molecule has 1 aromatic rings. The number of nitrogens with zero attached hydrogens (tertiary/aromatic N) is 1. The lowest BCUT2D eigenvalue weighted by Gasteiger charge is -2.40. The molecule has 2 fully saturated rings. The molecule has 1 heterocycles. The van der Waals surface area contributed by atoms with Gasteiger partial charge in [-0.1, -0.05) is 39.0 Å². The van der Waals surface area contributed by atoms with Crippen molar-refractivity contribution < 1.29 is 9.47 Å². The van der Waals surface area contributed by atoms with E-state index in [4.69, 9.17) is 9.47 Å². The minimum absolute atomic E-state index is 0. The van der Waals surface area contributed by atoms with Crippen LogP contribution >= 0.6 is 24.0 Å². The van der Waals surface area contributed by atoms with Crippen molar-refractivity contribution in [1.29, 1.82) is 0 Å². The Bertz CT molecular complexity index is 656. The fraction of sp³-hybridized carbons (Fsp3) is 0.696. The number of hydrogen-bond donors (Lipinski definition) is 2. The summed E-state index contributed by atoms with van der Waals surface area (Å²) in [4.78, 5) is 4.40. The highest BCUT2D eigenvalue weighted by atomic mass is 127. The van der Waals surface area contributed by atoms with Gasteiger partial charge >= 0.3 is 0 Å². The second kappa shape index (κ2) is 11.4. The number of ether oxygens (including phenoxy) is 2. The third-order valence-corrected chi connectivity index (χ3v) is 5.64. The largest absolute Gasteiger partial charge is 0.493 e. The molecule has 0 radical (unpaired) electrons. The molecular weight excluding hydrogens is 477 g/mol. The van der Waals surface area contributed by atoms with E-state index in [9.17, 15) is 0 Å². The zero-order valence-electron chi connectivity index (χ0n) is 18.4. The van der Waals surface area contributed by atoms with E-state index in [0.29, 0.717) is 12.5 Å². The molecule has 164 valence electrons. The zero-order valence-corrected chi connectivity index (χ0v) is 20.7. The van der Waals surface area contributed by atoms with Crippen molar-refractivity contribution >= 4 is 29.9 Å². The van der Waals surface area contributed by atoms with E-state index < -0.39 is 0 Å². The van der Waals surface area contributed by atoms with E-state index in [1.54, 1.807) is 0 Å². The first-order valence-corrected chi connectivity index (χ1v) is 10.7. The Morgan fingerprint density at radius 2 is 1.93 bits per heavy atom. The van der Waals surface area contributed by atoms with Crippen molar-refractivity contribution in [2.45, 2.75) is 59.1 Å². The Labute approximate surface area is 193 Å². The quantitative estimate of drug-likeness (QED) is 0.317. The Morgan fingerprint density at radius 3 is 2.62 bits per heavy atom. The van der Waals surface area contributed by atoms with Gasteiger partial charge in [-0.15, -0.1) is 24.0 Å². The van der Waals surface area contributed by atoms with Crippen LogP contribution in [-0.2, 0) is 11.3 Å². The van der Waals surface area contributed by atoms with Crippen LogP contribution in [0.1, 0.15) is 52.0 Å². The van der Waals surface area contributed by atoms with Gasteiger partial charge in [-0.25, -0.2) is 0 Å². The maximum atomic E-state index is 6.10. The number of guanidine groups is 1. The maximum absolute atomic E-state index is 6.10.